The molecule has 1 saturated heterocycles. The van der Waals surface area contributed by atoms with E-state index in [9.17, 15) is 9.59 Å². The number of amides is 1. The number of Topliss-reactive ketones (excluding diaryl/α,β-unsaturated/α-hetero) is 1. The van der Waals surface area contributed by atoms with Crippen LogP contribution in [0.5, 0.6) is 5.75 Å². The van der Waals surface area contributed by atoms with E-state index in [2.05, 4.69) is 24.1 Å². The van der Waals surface area contributed by atoms with Crippen LogP contribution in [0.2, 0.25) is 0 Å². The lowest BCUT2D eigenvalue weighted by atomic mass is 9.68. The van der Waals surface area contributed by atoms with Crippen LogP contribution in [0.1, 0.15) is 82.2 Å². The first kappa shape index (κ1) is 23.4. The Morgan fingerprint density at radius 1 is 1.27 bits per heavy atom. The zero-order valence-corrected chi connectivity index (χ0v) is 20.8. The highest BCUT2D eigenvalue weighted by atomic mass is 32.1. The van der Waals surface area contributed by atoms with Gasteiger partial charge >= 0.3 is 0 Å². The number of rotatable bonds is 5. The Labute approximate surface area is 199 Å². The van der Waals surface area contributed by atoms with Crippen LogP contribution in [0, 0.1) is 10.8 Å². The van der Waals surface area contributed by atoms with Crippen LogP contribution in [0.25, 0.3) is 0 Å². The van der Waals surface area contributed by atoms with Crippen molar-refractivity contribution in [1.82, 2.24) is 9.88 Å². The molecule has 1 aliphatic heterocycles. The maximum absolute atomic E-state index is 13.4. The molecule has 1 aromatic heterocycles. The summed E-state index contributed by atoms with van der Waals surface area (Å²) in [4.78, 5) is 33.9. The third-order valence-electron chi connectivity index (χ3n) is 6.88. The first-order valence-corrected chi connectivity index (χ1v) is 12.3. The Bertz CT molecular complexity index is 1110. The van der Waals surface area contributed by atoms with Gasteiger partial charge in [0.2, 0.25) is 0 Å². The number of methoxy groups -OCH3 is 1. The molecular formula is C25H32N4O3S. The summed E-state index contributed by atoms with van der Waals surface area (Å²) in [5, 5.41) is 12.2. The molecule has 2 aromatic rings. The molecule has 2 N–H and O–H groups in total. The van der Waals surface area contributed by atoms with Gasteiger partial charge in [-0.15, -0.1) is 11.3 Å². The molecule has 2 heterocycles. The number of aromatic nitrogens is 1. The number of nitrogens with one attached hydrogen (secondary N) is 2. The minimum Gasteiger partial charge on any atom is -0.495 e. The van der Waals surface area contributed by atoms with Gasteiger partial charge in [-0.3, -0.25) is 9.59 Å². The van der Waals surface area contributed by atoms with Crippen molar-refractivity contribution < 1.29 is 14.3 Å². The number of ketones is 1. The van der Waals surface area contributed by atoms with Crippen molar-refractivity contribution in [2.75, 3.05) is 32.6 Å². The summed E-state index contributed by atoms with van der Waals surface area (Å²) in [5.74, 6) is 0.966. The van der Waals surface area contributed by atoms with Gasteiger partial charge in [-0.25, -0.2) is 4.98 Å². The number of carbonyl (C=O) groups is 2. The summed E-state index contributed by atoms with van der Waals surface area (Å²) in [6, 6.07) is 3.51. The van der Waals surface area contributed by atoms with Crippen molar-refractivity contribution in [3.8, 4) is 5.75 Å². The number of hydrogen-bond donors (Lipinski definition) is 2. The predicted octanol–water partition coefficient (Wildman–Crippen LogP) is 4.76. The van der Waals surface area contributed by atoms with Crippen molar-refractivity contribution in [1.29, 1.82) is 5.41 Å². The molecule has 7 nitrogen and oxygen atoms in total. The molecule has 1 aromatic carbocycles. The molecule has 33 heavy (non-hydrogen) atoms. The molecule has 0 radical (unpaired) electrons. The minimum absolute atomic E-state index is 0.0592. The van der Waals surface area contributed by atoms with E-state index in [-0.39, 0.29) is 17.1 Å². The number of nitrogens with zero attached hydrogens (tertiary/aromatic N) is 2. The molecule has 4 rings (SSSR count). The summed E-state index contributed by atoms with van der Waals surface area (Å²) in [7, 11) is 3.34. The molecule has 1 aliphatic carbocycles. The number of piperidine rings is 1. The number of anilines is 1. The maximum Gasteiger partial charge on any atom is 0.254 e. The fourth-order valence-corrected chi connectivity index (χ4v) is 6.22. The van der Waals surface area contributed by atoms with Gasteiger partial charge in [0, 0.05) is 54.2 Å². The van der Waals surface area contributed by atoms with Gasteiger partial charge in [0.15, 0.2) is 5.78 Å². The molecule has 2 aliphatic rings. The quantitative estimate of drug-likeness (QED) is 0.617. The molecular weight excluding hydrogens is 436 g/mol. The molecule has 0 atom stereocenters. The third-order valence-corrected chi connectivity index (χ3v) is 8.23. The van der Waals surface area contributed by atoms with Crippen LogP contribution >= 0.6 is 11.3 Å². The number of benzene rings is 1. The highest BCUT2D eigenvalue weighted by Gasteiger charge is 2.43. The standard InChI is InChI=1S/C25H32N4O3S/c1-14(2)23-28-22-18(30)12-25(13-20(22)33-23)6-8-29(9-7-25)24(31)16-10-17(15(3)26)21(27-4)19(11-16)32-5/h10-11,14,26-27H,6-9,12-13H2,1-5H3. The topological polar surface area (TPSA) is 95.4 Å². The third kappa shape index (κ3) is 4.28. The number of fused-ring (bicyclic) bond motifs is 1. The Kier molecular flexibility index (Phi) is 6.31. The molecule has 0 bridgehead atoms. The Morgan fingerprint density at radius 2 is 1.97 bits per heavy atom. The fraction of sp³-hybridized carbons (Fsp3) is 0.520. The number of hydrogen-bond acceptors (Lipinski definition) is 7. The van der Waals surface area contributed by atoms with Crippen LogP contribution in [-0.4, -0.2) is 54.5 Å². The van der Waals surface area contributed by atoms with E-state index in [4.69, 9.17) is 10.1 Å². The Morgan fingerprint density at radius 3 is 2.55 bits per heavy atom. The van der Waals surface area contributed by atoms with Crippen LogP contribution in [-0.2, 0) is 6.42 Å². The van der Waals surface area contributed by atoms with Gasteiger partial charge < -0.3 is 20.4 Å². The largest absolute Gasteiger partial charge is 0.495 e. The van der Waals surface area contributed by atoms with E-state index >= 15 is 0 Å². The van der Waals surface area contributed by atoms with E-state index in [0.717, 1.165) is 29.1 Å². The average molecular weight is 469 g/mol. The summed E-state index contributed by atoms with van der Waals surface area (Å²) in [6.07, 6.45) is 3.01. The Balaban J connectivity index is 1.52. The van der Waals surface area contributed by atoms with Gasteiger partial charge in [-0.05, 0) is 43.7 Å². The van der Waals surface area contributed by atoms with Gasteiger partial charge in [-0.1, -0.05) is 13.8 Å². The highest BCUT2D eigenvalue weighted by Crippen LogP contribution is 2.46. The van der Waals surface area contributed by atoms with Gasteiger partial charge in [0.25, 0.3) is 5.91 Å². The van der Waals surface area contributed by atoms with Crippen molar-refractivity contribution in [3.63, 3.8) is 0 Å². The van der Waals surface area contributed by atoms with Crippen molar-refractivity contribution >= 4 is 34.4 Å². The second kappa shape index (κ2) is 8.89. The SMILES string of the molecule is CNc1c(OC)cc(C(=O)N2CCC3(CC2)CC(=O)c2nc(C(C)C)sc2C3)cc1C(C)=N. The number of carbonyl (C=O) groups excluding carboxylic acids is 2. The lowest BCUT2D eigenvalue weighted by Gasteiger charge is -2.43. The first-order chi connectivity index (χ1) is 15.7. The zero-order valence-electron chi connectivity index (χ0n) is 20.0. The van der Waals surface area contributed by atoms with E-state index in [1.165, 1.54) is 0 Å². The molecule has 176 valence electrons. The Hall–Kier alpha value is -2.74. The second-order valence-electron chi connectivity index (χ2n) is 9.52. The smallest absolute Gasteiger partial charge is 0.254 e. The predicted molar refractivity (Wildman–Crippen MR) is 131 cm³/mol. The van der Waals surface area contributed by atoms with E-state index in [0.29, 0.717) is 59.4 Å². The molecule has 1 spiro atoms. The van der Waals surface area contributed by atoms with Gasteiger partial charge in [0.1, 0.15) is 11.4 Å². The summed E-state index contributed by atoms with van der Waals surface area (Å²) in [5.41, 5.74) is 2.86. The van der Waals surface area contributed by atoms with Crippen LogP contribution < -0.4 is 10.1 Å². The monoisotopic (exact) mass is 468 g/mol. The fourth-order valence-electron chi connectivity index (χ4n) is 4.96. The average Bonchev–Trinajstić information content (AvgIpc) is 3.22. The van der Waals surface area contributed by atoms with Crippen molar-refractivity contribution in [2.45, 2.75) is 52.4 Å². The lowest BCUT2D eigenvalue weighted by Crippen LogP contribution is -2.46. The zero-order chi connectivity index (χ0) is 23.9. The van der Waals surface area contributed by atoms with Crippen molar-refractivity contribution in [2.24, 2.45) is 5.41 Å². The first-order valence-electron chi connectivity index (χ1n) is 11.5. The molecule has 1 fully saturated rings. The normalized spacial score (nSPS) is 17.3. The number of thiazole rings is 1. The molecule has 8 heteroatoms. The van der Waals surface area contributed by atoms with E-state index < -0.39 is 0 Å². The number of likely N-dealkylation sites (tertiary alicyclic amines) is 1. The van der Waals surface area contributed by atoms with Crippen molar-refractivity contribution in [3.05, 3.63) is 38.8 Å². The van der Waals surface area contributed by atoms with Gasteiger partial charge in [-0.2, -0.15) is 0 Å². The minimum atomic E-state index is -0.0774. The number of ether oxygens (including phenoxy) is 1. The molecule has 0 unspecified atom stereocenters. The summed E-state index contributed by atoms with van der Waals surface area (Å²) < 4.78 is 5.49. The summed E-state index contributed by atoms with van der Waals surface area (Å²) in [6.45, 7) is 7.15. The molecule has 0 saturated carbocycles. The van der Waals surface area contributed by atoms with E-state index in [1.807, 2.05) is 4.90 Å². The maximum atomic E-state index is 13.4. The van der Waals surface area contributed by atoms with Crippen LogP contribution in [0.4, 0.5) is 5.69 Å². The van der Waals surface area contributed by atoms with Gasteiger partial charge in [0.05, 0.1) is 17.8 Å². The highest BCUT2D eigenvalue weighted by molar-refractivity contribution is 7.12. The summed E-state index contributed by atoms with van der Waals surface area (Å²) >= 11 is 1.68. The van der Waals surface area contributed by atoms with Crippen LogP contribution in [0.3, 0.4) is 0 Å². The van der Waals surface area contributed by atoms with E-state index in [1.54, 1.807) is 44.6 Å². The lowest BCUT2D eigenvalue weighted by molar-refractivity contribution is 0.0521. The van der Waals surface area contributed by atoms with Crippen LogP contribution in [0.15, 0.2) is 12.1 Å². The molecule has 1 amide bonds. The second-order valence-corrected chi connectivity index (χ2v) is 10.6.